The molecule has 0 aromatic heterocycles. The molecule has 0 aromatic rings. The quantitative estimate of drug-likeness (QED) is 0.132. The Hall–Kier alpha value is -1.63. The van der Waals surface area contributed by atoms with Crippen molar-refractivity contribution in [1.29, 1.82) is 0 Å². The lowest BCUT2D eigenvalue weighted by Gasteiger charge is -2.49. The zero-order valence-corrected chi connectivity index (χ0v) is 28.2. The molecule has 0 spiro atoms. The molecule has 3 aliphatic heterocycles. The summed E-state index contributed by atoms with van der Waals surface area (Å²) in [5.41, 5.74) is -0.0432. The predicted molar refractivity (Wildman–Crippen MR) is 170 cm³/mol. The van der Waals surface area contributed by atoms with Gasteiger partial charge in [-0.25, -0.2) is 0 Å². The SMILES string of the molecule is C/C(=C\[C@H](C)[C@H](O)[C@H](C)CO)[C@H]1O[C@]1(C)[C@@H]1OC(=O)[C@H](C)[C@@]2(O)O[C@@H](/C=C/C[C@H](O)/C=C/CC[C@@H]1C)[C@H](CC(C)C)[C@@H](O)[C@@H]2O. The van der Waals surface area contributed by atoms with E-state index in [0.717, 1.165) is 5.57 Å². The van der Waals surface area contributed by atoms with E-state index in [1.165, 1.54) is 6.92 Å². The number of allylic oxidation sites excluding steroid dienone is 1. The van der Waals surface area contributed by atoms with Crippen LogP contribution in [-0.4, -0.2) is 97.3 Å². The van der Waals surface area contributed by atoms with Crippen molar-refractivity contribution in [2.24, 2.45) is 35.5 Å². The summed E-state index contributed by atoms with van der Waals surface area (Å²) < 4.78 is 18.4. The van der Waals surface area contributed by atoms with Gasteiger partial charge in [0.25, 0.3) is 0 Å². The Kier molecular flexibility index (Phi) is 13.0. The number of esters is 1. The molecule has 258 valence electrons. The van der Waals surface area contributed by atoms with Crippen LogP contribution in [0.25, 0.3) is 0 Å². The first kappa shape index (κ1) is 37.8. The first-order valence-electron chi connectivity index (χ1n) is 16.6. The topological polar surface area (TPSA) is 169 Å². The van der Waals surface area contributed by atoms with Gasteiger partial charge in [0.1, 0.15) is 29.8 Å². The molecule has 10 nitrogen and oxygen atoms in total. The summed E-state index contributed by atoms with van der Waals surface area (Å²) in [6.07, 6.45) is 4.39. The lowest BCUT2D eigenvalue weighted by molar-refractivity contribution is -0.347. The number of rotatable bonds is 8. The fourth-order valence-electron chi connectivity index (χ4n) is 7.00. The largest absolute Gasteiger partial charge is 0.459 e. The van der Waals surface area contributed by atoms with Crippen molar-refractivity contribution in [3.05, 3.63) is 36.0 Å². The second-order valence-corrected chi connectivity index (χ2v) is 14.5. The van der Waals surface area contributed by atoms with Crippen molar-refractivity contribution in [1.82, 2.24) is 0 Å². The second-order valence-electron chi connectivity index (χ2n) is 14.5. The maximum Gasteiger partial charge on any atom is 0.314 e. The van der Waals surface area contributed by atoms with Gasteiger partial charge in [-0.15, -0.1) is 0 Å². The average Bonchev–Trinajstić information content (AvgIpc) is 3.68. The van der Waals surface area contributed by atoms with Gasteiger partial charge in [-0.1, -0.05) is 65.0 Å². The summed E-state index contributed by atoms with van der Waals surface area (Å²) in [5.74, 6) is -5.71. The first-order valence-corrected chi connectivity index (χ1v) is 16.6. The molecule has 2 bridgehead atoms. The highest BCUT2D eigenvalue weighted by Gasteiger charge is 2.63. The van der Waals surface area contributed by atoms with E-state index in [1.807, 2.05) is 53.7 Å². The predicted octanol–water partition coefficient (Wildman–Crippen LogP) is 3.03. The molecule has 0 amide bonds. The van der Waals surface area contributed by atoms with Gasteiger partial charge < -0.3 is 44.8 Å². The number of cyclic esters (lactones) is 1. The molecule has 2 saturated heterocycles. The minimum atomic E-state index is -2.43. The van der Waals surface area contributed by atoms with Crippen molar-refractivity contribution in [2.45, 2.75) is 135 Å². The van der Waals surface area contributed by atoms with Crippen molar-refractivity contribution in [3.63, 3.8) is 0 Å². The highest BCUT2D eigenvalue weighted by atomic mass is 16.7. The third kappa shape index (κ3) is 8.65. The zero-order valence-electron chi connectivity index (χ0n) is 28.2. The van der Waals surface area contributed by atoms with Gasteiger partial charge in [0.15, 0.2) is 0 Å². The fraction of sp³-hybridized carbons (Fsp3) is 0.800. The Morgan fingerprint density at radius 2 is 1.76 bits per heavy atom. The van der Waals surface area contributed by atoms with Gasteiger partial charge in [-0.05, 0) is 63.9 Å². The number of hydrogen-bond acceptors (Lipinski definition) is 10. The van der Waals surface area contributed by atoms with E-state index < -0.39 is 71.9 Å². The summed E-state index contributed by atoms with van der Waals surface area (Å²) in [6, 6.07) is 0. The summed E-state index contributed by atoms with van der Waals surface area (Å²) >= 11 is 0. The monoisotopic (exact) mass is 638 g/mol. The van der Waals surface area contributed by atoms with Crippen LogP contribution in [0.3, 0.4) is 0 Å². The van der Waals surface area contributed by atoms with Gasteiger partial charge in [-0.2, -0.15) is 0 Å². The van der Waals surface area contributed by atoms with Crippen LogP contribution in [0.4, 0.5) is 0 Å². The van der Waals surface area contributed by atoms with Gasteiger partial charge in [0.05, 0.1) is 24.4 Å². The average molecular weight is 639 g/mol. The van der Waals surface area contributed by atoms with Crippen molar-refractivity contribution < 1.29 is 49.6 Å². The molecular weight excluding hydrogens is 580 g/mol. The summed E-state index contributed by atoms with van der Waals surface area (Å²) in [6.45, 7) is 14.6. The van der Waals surface area contributed by atoms with E-state index >= 15 is 0 Å². The molecular formula is C35H58O10. The number of ether oxygens (including phenoxy) is 3. The molecule has 10 heteroatoms. The molecule has 2 fully saturated rings. The smallest absolute Gasteiger partial charge is 0.314 e. The van der Waals surface area contributed by atoms with E-state index in [1.54, 1.807) is 25.2 Å². The third-order valence-electron chi connectivity index (χ3n) is 10.0. The van der Waals surface area contributed by atoms with Crippen LogP contribution in [0, 0.1) is 35.5 Å². The maximum atomic E-state index is 13.8. The maximum absolute atomic E-state index is 13.8. The van der Waals surface area contributed by atoms with Crippen molar-refractivity contribution in [2.75, 3.05) is 6.61 Å². The third-order valence-corrected chi connectivity index (χ3v) is 10.0. The number of aliphatic hydroxyl groups is 6. The Bertz CT molecular complexity index is 1070. The van der Waals surface area contributed by atoms with Crippen LogP contribution in [0.15, 0.2) is 36.0 Å². The molecule has 3 heterocycles. The fourth-order valence-corrected chi connectivity index (χ4v) is 7.00. The standard InChI is InChI=1S/C35H58O10/c1-19(2)16-26-27-15-11-14-25(37)13-10-9-12-20(3)31(43-33(41)24(7)35(42,44-27)30(40)29(26)39)34(8)32(45-34)22(5)17-21(4)28(38)23(6)18-36/h10-11,13,15,17,19-21,23-32,36-40,42H,9,12,14,16,18H2,1-8H3/b13-10+,15-11+,22-17+/t20-,21-,23+,24-,25+,26-,27-,28-,29+,30-,31+,32+,34+,35+/m0/s1. The molecule has 3 aliphatic rings. The minimum absolute atomic E-state index is 0.132. The number of aliphatic hydroxyl groups excluding tert-OH is 5. The Balaban J connectivity index is 1.94. The van der Waals surface area contributed by atoms with E-state index in [9.17, 15) is 35.4 Å². The molecule has 0 aromatic carbocycles. The van der Waals surface area contributed by atoms with E-state index in [4.69, 9.17) is 14.2 Å². The molecule has 3 rings (SSSR count). The first-order chi connectivity index (χ1) is 21.0. The van der Waals surface area contributed by atoms with Gasteiger partial charge in [0.2, 0.25) is 5.79 Å². The van der Waals surface area contributed by atoms with Crippen molar-refractivity contribution >= 4 is 5.97 Å². The second kappa shape index (κ2) is 15.5. The molecule has 14 atom stereocenters. The van der Waals surface area contributed by atoms with Crippen LogP contribution in [0.1, 0.15) is 81.1 Å². The van der Waals surface area contributed by atoms with Crippen LogP contribution >= 0.6 is 0 Å². The molecule has 0 aliphatic carbocycles. The van der Waals surface area contributed by atoms with E-state index in [2.05, 4.69) is 0 Å². The van der Waals surface area contributed by atoms with Gasteiger partial charge >= 0.3 is 5.97 Å². The highest BCUT2D eigenvalue weighted by molar-refractivity contribution is 5.74. The Labute approximate surface area is 268 Å². The van der Waals surface area contributed by atoms with E-state index in [-0.39, 0.29) is 30.3 Å². The molecule has 0 radical (unpaired) electrons. The Morgan fingerprint density at radius 3 is 2.38 bits per heavy atom. The Morgan fingerprint density at radius 1 is 1.09 bits per heavy atom. The highest BCUT2D eigenvalue weighted by Crippen LogP contribution is 2.49. The summed E-state index contributed by atoms with van der Waals surface area (Å²) in [5, 5.41) is 64.7. The molecule has 0 saturated carbocycles. The van der Waals surface area contributed by atoms with Gasteiger partial charge in [0, 0.05) is 24.4 Å². The number of carbonyl (C=O) groups is 1. The number of carbonyl (C=O) groups excluding carboxylic acids is 1. The van der Waals surface area contributed by atoms with Crippen LogP contribution in [0.2, 0.25) is 0 Å². The molecule has 0 unspecified atom stereocenters. The molecule has 45 heavy (non-hydrogen) atoms. The van der Waals surface area contributed by atoms with Crippen LogP contribution in [-0.2, 0) is 19.0 Å². The van der Waals surface area contributed by atoms with Crippen LogP contribution < -0.4 is 0 Å². The lowest BCUT2D eigenvalue weighted by atomic mass is 9.77. The normalized spacial score (nSPS) is 43.7. The van der Waals surface area contributed by atoms with Crippen molar-refractivity contribution in [3.8, 4) is 0 Å². The molecule has 6 N–H and O–H groups in total. The van der Waals surface area contributed by atoms with E-state index in [0.29, 0.717) is 25.7 Å². The van der Waals surface area contributed by atoms with Crippen LogP contribution in [0.5, 0.6) is 0 Å². The lowest BCUT2D eigenvalue weighted by Crippen LogP contribution is -2.66. The summed E-state index contributed by atoms with van der Waals surface area (Å²) in [4.78, 5) is 13.8. The van der Waals surface area contributed by atoms with Gasteiger partial charge in [-0.3, -0.25) is 4.79 Å². The number of fused-ring (bicyclic) bond motifs is 2. The zero-order chi connectivity index (χ0) is 33.9. The number of epoxide rings is 1. The number of hydrogen-bond donors (Lipinski definition) is 6. The minimum Gasteiger partial charge on any atom is -0.459 e. The summed E-state index contributed by atoms with van der Waals surface area (Å²) in [7, 11) is 0.